The summed E-state index contributed by atoms with van der Waals surface area (Å²) in [5, 5.41) is 3.51. The summed E-state index contributed by atoms with van der Waals surface area (Å²) in [5.74, 6) is 1.72. The Hall–Kier alpha value is -1.77. The zero-order chi connectivity index (χ0) is 11.9. The van der Waals surface area contributed by atoms with Crippen molar-refractivity contribution < 1.29 is 0 Å². The standard InChI is InChI=1S/C15H17N3/c1-2-4-11(5-3-1)13-10-14(13)18-9-8-16-15(18)17-12-6-7-12/h1-5,8-9,12-14H,6-7,10H2,(H,16,17). The lowest BCUT2D eigenvalue weighted by molar-refractivity contribution is 0.719. The van der Waals surface area contributed by atoms with E-state index in [4.69, 9.17) is 0 Å². The van der Waals surface area contributed by atoms with Crippen LogP contribution < -0.4 is 5.32 Å². The molecule has 2 aliphatic rings. The molecule has 2 aliphatic carbocycles. The lowest BCUT2D eigenvalue weighted by atomic mass is 10.1. The molecule has 2 fully saturated rings. The van der Waals surface area contributed by atoms with Crippen LogP contribution in [0.3, 0.4) is 0 Å². The fraction of sp³-hybridized carbons (Fsp3) is 0.400. The monoisotopic (exact) mass is 239 g/mol. The largest absolute Gasteiger partial charge is 0.353 e. The molecule has 1 heterocycles. The Morgan fingerprint density at radius 3 is 2.78 bits per heavy atom. The number of hydrogen-bond acceptors (Lipinski definition) is 2. The van der Waals surface area contributed by atoms with Crippen molar-refractivity contribution in [3.8, 4) is 0 Å². The van der Waals surface area contributed by atoms with Crippen molar-refractivity contribution in [2.24, 2.45) is 0 Å². The van der Waals surface area contributed by atoms with Gasteiger partial charge < -0.3 is 9.88 Å². The van der Waals surface area contributed by atoms with E-state index in [1.54, 1.807) is 0 Å². The van der Waals surface area contributed by atoms with E-state index in [1.807, 2.05) is 6.20 Å². The third kappa shape index (κ3) is 1.80. The highest BCUT2D eigenvalue weighted by Gasteiger charge is 2.41. The number of anilines is 1. The van der Waals surface area contributed by atoms with Crippen molar-refractivity contribution >= 4 is 5.95 Å². The Bertz CT molecular complexity index is 542. The number of aromatic nitrogens is 2. The summed E-state index contributed by atoms with van der Waals surface area (Å²) in [6.45, 7) is 0. The van der Waals surface area contributed by atoms with Gasteiger partial charge in [-0.1, -0.05) is 30.3 Å². The maximum atomic E-state index is 4.44. The summed E-state index contributed by atoms with van der Waals surface area (Å²) in [4.78, 5) is 4.44. The highest BCUT2D eigenvalue weighted by Crippen LogP contribution is 2.52. The van der Waals surface area contributed by atoms with Crippen LogP contribution in [0.4, 0.5) is 5.95 Å². The smallest absolute Gasteiger partial charge is 0.203 e. The van der Waals surface area contributed by atoms with Gasteiger partial charge in [0.05, 0.1) is 0 Å². The molecular weight excluding hydrogens is 222 g/mol. The number of imidazole rings is 1. The van der Waals surface area contributed by atoms with Gasteiger partial charge in [-0.05, 0) is 24.8 Å². The van der Waals surface area contributed by atoms with Crippen molar-refractivity contribution in [2.75, 3.05) is 5.32 Å². The van der Waals surface area contributed by atoms with Crippen molar-refractivity contribution in [2.45, 2.75) is 37.3 Å². The first-order valence-corrected chi connectivity index (χ1v) is 6.76. The highest BCUT2D eigenvalue weighted by atomic mass is 15.2. The van der Waals surface area contributed by atoms with Crippen molar-refractivity contribution in [1.82, 2.24) is 9.55 Å². The van der Waals surface area contributed by atoms with E-state index in [2.05, 4.69) is 51.4 Å². The van der Waals surface area contributed by atoms with Gasteiger partial charge in [-0.25, -0.2) is 4.98 Å². The van der Waals surface area contributed by atoms with Crippen molar-refractivity contribution in [3.63, 3.8) is 0 Å². The van der Waals surface area contributed by atoms with Gasteiger partial charge >= 0.3 is 0 Å². The quantitative estimate of drug-likeness (QED) is 0.888. The van der Waals surface area contributed by atoms with E-state index >= 15 is 0 Å². The molecule has 2 unspecified atom stereocenters. The van der Waals surface area contributed by atoms with Crippen LogP contribution >= 0.6 is 0 Å². The molecule has 92 valence electrons. The van der Waals surface area contributed by atoms with Crippen LogP contribution in [-0.2, 0) is 0 Å². The maximum Gasteiger partial charge on any atom is 0.203 e. The van der Waals surface area contributed by atoms with Crippen LogP contribution in [0, 0.1) is 0 Å². The summed E-state index contributed by atoms with van der Waals surface area (Å²) in [5.41, 5.74) is 1.45. The molecule has 0 radical (unpaired) electrons. The molecule has 2 saturated carbocycles. The zero-order valence-corrected chi connectivity index (χ0v) is 10.3. The minimum absolute atomic E-state index is 0.594. The van der Waals surface area contributed by atoms with Gasteiger partial charge in [-0.15, -0.1) is 0 Å². The molecule has 3 nitrogen and oxygen atoms in total. The predicted octanol–water partition coefficient (Wildman–Crippen LogP) is 3.19. The van der Waals surface area contributed by atoms with Crippen molar-refractivity contribution in [1.29, 1.82) is 0 Å². The van der Waals surface area contributed by atoms with Crippen LogP contribution in [0.5, 0.6) is 0 Å². The molecule has 0 spiro atoms. The number of nitrogens with zero attached hydrogens (tertiary/aromatic N) is 2. The first kappa shape index (κ1) is 10.2. The van der Waals surface area contributed by atoms with E-state index in [1.165, 1.54) is 24.8 Å². The summed E-state index contributed by atoms with van der Waals surface area (Å²) in [7, 11) is 0. The van der Waals surface area contributed by atoms with E-state index in [-0.39, 0.29) is 0 Å². The molecule has 2 atom stereocenters. The van der Waals surface area contributed by atoms with Crippen LogP contribution in [0.1, 0.15) is 36.8 Å². The topological polar surface area (TPSA) is 29.9 Å². The summed E-state index contributed by atoms with van der Waals surface area (Å²) < 4.78 is 2.32. The Balaban J connectivity index is 1.53. The van der Waals surface area contributed by atoms with Gasteiger partial charge in [0.25, 0.3) is 0 Å². The zero-order valence-electron chi connectivity index (χ0n) is 10.3. The first-order chi connectivity index (χ1) is 8.92. The average molecular weight is 239 g/mol. The number of hydrogen-bond donors (Lipinski definition) is 1. The Morgan fingerprint density at radius 1 is 1.17 bits per heavy atom. The second kappa shape index (κ2) is 3.87. The summed E-state index contributed by atoms with van der Waals surface area (Å²) in [6, 6.07) is 12.1. The van der Waals surface area contributed by atoms with Gasteiger partial charge in [0, 0.05) is 30.4 Å². The maximum absolute atomic E-state index is 4.44. The van der Waals surface area contributed by atoms with Gasteiger partial charge in [0.2, 0.25) is 5.95 Å². The van der Waals surface area contributed by atoms with E-state index in [0.717, 1.165) is 5.95 Å². The second-order valence-corrected chi connectivity index (χ2v) is 5.40. The fourth-order valence-corrected chi connectivity index (χ4v) is 2.65. The van der Waals surface area contributed by atoms with Crippen LogP contribution in [0.2, 0.25) is 0 Å². The predicted molar refractivity (Wildman–Crippen MR) is 71.7 cm³/mol. The summed E-state index contributed by atoms with van der Waals surface area (Å²) in [6.07, 6.45) is 7.84. The van der Waals surface area contributed by atoms with Crippen molar-refractivity contribution in [3.05, 3.63) is 48.3 Å². The Labute approximate surface area is 107 Å². The molecule has 1 aromatic heterocycles. The van der Waals surface area contributed by atoms with E-state index in [0.29, 0.717) is 18.0 Å². The number of rotatable bonds is 4. The van der Waals surface area contributed by atoms with Gasteiger partial charge in [-0.3, -0.25) is 0 Å². The lowest BCUT2D eigenvalue weighted by Crippen LogP contribution is -2.08. The van der Waals surface area contributed by atoms with Crippen LogP contribution in [-0.4, -0.2) is 15.6 Å². The molecular formula is C15H17N3. The van der Waals surface area contributed by atoms with Gasteiger partial charge in [-0.2, -0.15) is 0 Å². The Morgan fingerprint density at radius 2 is 2.00 bits per heavy atom. The normalized spacial score (nSPS) is 26.0. The minimum atomic E-state index is 0.594. The molecule has 0 aliphatic heterocycles. The van der Waals surface area contributed by atoms with Gasteiger partial charge in [0.1, 0.15) is 0 Å². The molecule has 2 aromatic rings. The molecule has 0 amide bonds. The molecule has 0 bridgehead atoms. The lowest BCUT2D eigenvalue weighted by Gasteiger charge is -2.08. The molecule has 3 heteroatoms. The van der Waals surface area contributed by atoms with Gasteiger partial charge in [0.15, 0.2) is 0 Å². The van der Waals surface area contributed by atoms with E-state index in [9.17, 15) is 0 Å². The first-order valence-electron chi connectivity index (χ1n) is 6.76. The van der Waals surface area contributed by atoms with Crippen LogP contribution in [0.15, 0.2) is 42.7 Å². The molecule has 18 heavy (non-hydrogen) atoms. The SMILES string of the molecule is c1ccc(C2CC2n2ccnc2NC2CC2)cc1. The molecule has 0 saturated heterocycles. The minimum Gasteiger partial charge on any atom is -0.353 e. The summed E-state index contributed by atoms with van der Waals surface area (Å²) >= 11 is 0. The van der Waals surface area contributed by atoms with Crippen LogP contribution in [0.25, 0.3) is 0 Å². The third-order valence-corrected chi connectivity index (χ3v) is 3.92. The molecule has 4 rings (SSSR count). The van der Waals surface area contributed by atoms with E-state index < -0.39 is 0 Å². The highest BCUT2D eigenvalue weighted by molar-refractivity contribution is 5.35. The average Bonchev–Trinajstić information content (AvgIpc) is 3.31. The number of nitrogens with one attached hydrogen (secondary N) is 1. The Kier molecular flexibility index (Phi) is 2.19. The number of benzene rings is 1. The third-order valence-electron chi connectivity index (χ3n) is 3.92. The fourth-order valence-electron chi connectivity index (χ4n) is 2.65. The second-order valence-electron chi connectivity index (χ2n) is 5.40. The molecule has 1 N–H and O–H groups in total. The molecule has 1 aromatic carbocycles.